The number of amides is 3. The Morgan fingerprint density at radius 2 is 1.97 bits per heavy atom. The van der Waals surface area contributed by atoms with E-state index in [0.717, 1.165) is 18.5 Å². The lowest BCUT2D eigenvalue weighted by Crippen LogP contribution is -2.54. The number of aromatic nitrogens is 2. The van der Waals surface area contributed by atoms with E-state index in [1.807, 2.05) is 12.1 Å². The molecule has 2 aromatic heterocycles. The zero-order valence-corrected chi connectivity index (χ0v) is 18.7. The van der Waals surface area contributed by atoms with Crippen LogP contribution in [0, 0.1) is 5.92 Å². The molecule has 1 aliphatic carbocycles. The number of pyridine rings is 1. The van der Waals surface area contributed by atoms with Crippen LogP contribution in [0.1, 0.15) is 60.5 Å². The van der Waals surface area contributed by atoms with Crippen molar-refractivity contribution < 1.29 is 18.9 Å². The summed E-state index contributed by atoms with van der Waals surface area (Å²) in [6.07, 6.45) is 4.88. The summed E-state index contributed by atoms with van der Waals surface area (Å²) in [6, 6.07) is 5.79. The van der Waals surface area contributed by atoms with Crippen molar-refractivity contribution >= 4 is 17.7 Å². The number of piperidine rings is 1. The molecule has 0 radical (unpaired) electrons. The molecular formula is C23H30N6O4. The zero-order valence-electron chi connectivity index (χ0n) is 18.7. The molecule has 0 spiro atoms. The van der Waals surface area contributed by atoms with Gasteiger partial charge in [0.15, 0.2) is 5.69 Å². The van der Waals surface area contributed by atoms with Crippen molar-refractivity contribution in [3.05, 3.63) is 47.6 Å². The van der Waals surface area contributed by atoms with Gasteiger partial charge in [0.1, 0.15) is 11.8 Å². The molecule has 1 saturated heterocycles. The van der Waals surface area contributed by atoms with Gasteiger partial charge in [-0.3, -0.25) is 19.4 Å². The minimum absolute atomic E-state index is 0.108. The SMILES string of the molecule is C[C@H](N)C(=O)N1CCC(C(NC(=O)c2cc(C3CC3)on2)C(=O)NCc2ccccn2)CC1. The summed E-state index contributed by atoms with van der Waals surface area (Å²) in [6.45, 7) is 2.89. The smallest absolute Gasteiger partial charge is 0.274 e. The Morgan fingerprint density at radius 1 is 1.21 bits per heavy atom. The van der Waals surface area contributed by atoms with Crippen molar-refractivity contribution in [2.45, 2.75) is 57.2 Å². The minimum atomic E-state index is -0.769. The van der Waals surface area contributed by atoms with Crippen LogP contribution in [0.25, 0.3) is 0 Å². The van der Waals surface area contributed by atoms with Gasteiger partial charge in [-0.05, 0) is 50.7 Å². The molecule has 2 aromatic rings. The van der Waals surface area contributed by atoms with Crippen molar-refractivity contribution in [3.8, 4) is 0 Å². The average Bonchev–Trinajstić information content (AvgIpc) is 3.57. The topological polar surface area (TPSA) is 143 Å². The third-order valence-electron chi connectivity index (χ3n) is 6.19. The molecule has 4 N–H and O–H groups in total. The van der Waals surface area contributed by atoms with Gasteiger partial charge < -0.3 is 25.8 Å². The van der Waals surface area contributed by atoms with Crippen LogP contribution < -0.4 is 16.4 Å². The maximum Gasteiger partial charge on any atom is 0.274 e. The number of carbonyl (C=O) groups is 3. The molecule has 10 heteroatoms. The normalized spacial score (nSPS) is 18.4. The maximum atomic E-state index is 13.1. The fourth-order valence-electron chi connectivity index (χ4n) is 4.10. The van der Waals surface area contributed by atoms with Crippen LogP contribution in [0.5, 0.6) is 0 Å². The van der Waals surface area contributed by atoms with Crippen LogP contribution >= 0.6 is 0 Å². The first kappa shape index (κ1) is 22.9. The van der Waals surface area contributed by atoms with Gasteiger partial charge in [-0.1, -0.05) is 11.2 Å². The summed E-state index contributed by atoms with van der Waals surface area (Å²) in [5.74, 6) is 0.0606. The average molecular weight is 455 g/mol. The lowest BCUT2D eigenvalue weighted by atomic mass is 9.88. The van der Waals surface area contributed by atoms with Crippen LogP contribution in [0.15, 0.2) is 35.0 Å². The number of nitrogens with one attached hydrogen (secondary N) is 2. The highest BCUT2D eigenvalue weighted by atomic mass is 16.5. The highest BCUT2D eigenvalue weighted by Crippen LogP contribution is 2.40. The van der Waals surface area contributed by atoms with Crippen molar-refractivity contribution in [3.63, 3.8) is 0 Å². The van der Waals surface area contributed by atoms with Crippen molar-refractivity contribution in [2.75, 3.05) is 13.1 Å². The van der Waals surface area contributed by atoms with Crippen LogP contribution in [0.3, 0.4) is 0 Å². The van der Waals surface area contributed by atoms with Gasteiger partial charge in [0.2, 0.25) is 11.8 Å². The van der Waals surface area contributed by atoms with E-state index in [2.05, 4.69) is 20.8 Å². The summed E-state index contributed by atoms with van der Waals surface area (Å²) < 4.78 is 5.29. The second kappa shape index (κ2) is 10.1. The molecule has 2 atom stereocenters. The summed E-state index contributed by atoms with van der Waals surface area (Å²) in [5, 5.41) is 9.62. The molecule has 1 unspecified atom stereocenters. The number of likely N-dealkylation sites (tertiary alicyclic amines) is 1. The molecule has 3 amide bonds. The first-order chi connectivity index (χ1) is 15.9. The number of rotatable bonds is 8. The quantitative estimate of drug-likeness (QED) is 0.539. The minimum Gasteiger partial charge on any atom is -0.360 e. The van der Waals surface area contributed by atoms with Crippen LogP contribution in [0.4, 0.5) is 0 Å². The van der Waals surface area contributed by atoms with Crippen LogP contribution in [-0.4, -0.2) is 57.9 Å². The van der Waals surface area contributed by atoms with Gasteiger partial charge in [0.25, 0.3) is 5.91 Å². The molecule has 176 valence electrons. The molecule has 3 heterocycles. The number of nitrogens with zero attached hydrogens (tertiary/aromatic N) is 3. The Balaban J connectivity index is 1.43. The van der Waals surface area contributed by atoms with E-state index >= 15 is 0 Å². The van der Waals surface area contributed by atoms with Crippen molar-refractivity contribution in [1.29, 1.82) is 0 Å². The first-order valence-electron chi connectivity index (χ1n) is 11.4. The lowest BCUT2D eigenvalue weighted by Gasteiger charge is -2.36. The molecule has 4 rings (SSSR count). The van der Waals surface area contributed by atoms with E-state index in [1.165, 1.54) is 0 Å². The molecular weight excluding hydrogens is 424 g/mol. The highest BCUT2D eigenvalue weighted by Gasteiger charge is 2.35. The molecule has 2 fully saturated rings. The lowest BCUT2D eigenvalue weighted by molar-refractivity contribution is -0.134. The monoisotopic (exact) mass is 454 g/mol. The summed E-state index contributed by atoms with van der Waals surface area (Å²) in [4.78, 5) is 44.2. The molecule has 0 bridgehead atoms. The Labute approximate surface area is 192 Å². The predicted molar refractivity (Wildman–Crippen MR) is 119 cm³/mol. The second-order valence-electron chi connectivity index (χ2n) is 8.83. The molecule has 2 aliphatic rings. The summed E-state index contributed by atoms with van der Waals surface area (Å²) in [7, 11) is 0. The van der Waals surface area contributed by atoms with E-state index in [-0.39, 0.29) is 30.0 Å². The Bertz CT molecular complexity index is 980. The molecule has 10 nitrogen and oxygen atoms in total. The van der Waals surface area contributed by atoms with Gasteiger partial charge in [-0.15, -0.1) is 0 Å². The van der Waals surface area contributed by atoms with Crippen molar-refractivity contribution in [1.82, 2.24) is 25.7 Å². The number of hydrogen-bond donors (Lipinski definition) is 3. The van der Waals surface area contributed by atoms with Gasteiger partial charge in [0.05, 0.1) is 18.3 Å². The first-order valence-corrected chi connectivity index (χ1v) is 11.4. The zero-order chi connectivity index (χ0) is 23.4. The Hall–Kier alpha value is -3.27. The third-order valence-corrected chi connectivity index (χ3v) is 6.19. The fraction of sp³-hybridized carbons (Fsp3) is 0.522. The molecule has 0 aromatic carbocycles. The van der Waals surface area contributed by atoms with Gasteiger partial charge in [-0.2, -0.15) is 0 Å². The van der Waals surface area contributed by atoms with E-state index in [1.54, 1.807) is 30.2 Å². The molecule has 1 saturated carbocycles. The Kier molecular flexibility index (Phi) is 7.02. The predicted octanol–water partition coefficient (Wildman–Crippen LogP) is 0.948. The van der Waals surface area contributed by atoms with Crippen molar-refractivity contribution in [2.24, 2.45) is 11.7 Å². The number of hydrogen-bond acceptors (Lipinski definition) is 7. The third kappa shape index (κ3) is 5.75. The second-order valence-corrected chi connectivity index (χ2v) is 8.83. The summed E-state index contributed by atoms with van der Waals surface area (Å²) >= 11 is 0. The standard InChI is InChI=1S/C23H30N6O4/c1-14(24)23(32)29-10-7-16(8-11-29)20(22(31)26-13-17-4-2-3-9-25-17)27-21(30)18-12-19(33-28-18)15-5-6-15/h2-4,9,12,14-16,20H,5-8,10-11,13,24H2,1H3,(H,26,31)(H,27,30)/t14-,20?/m0/s1. The van der Waals surface area contributed by atoms with E-state index in [0.29, 0.717) is 37.6 Å². The fourth-order valence-corrected chi connectivity index (χ4v) is 4.10. The maximum absolute atomic E-state index is 13.1. The largest absolute Gasteiger partial charge is 0.360 e. The molecule has 1 aliphatic heterocycles. The highest BCUT2D eigenvalue weighted by molar-refractivity contribution is 5.96. The van der Waals surface area contributed by atoms with E-state index < -0.39 is 18.0 Å². The number of nitrogens with two attached hydrogens (primary N) is 1. The van der Waals surface area contributed by atoms with Gasteiger partial charge in [-0.25, -0.2) is 0 Å². The van der Waals surface area contributed by atoms with Crippen LogP contribution in [-0.2, 0) is 16.1 Å². The van der Waals surface area contributed by atoms with Gasteiger partial charge >= 0.3 is 0 Å². The van der Waals surface area contributed by atoms with Crippen LogP contribution in [0.2, 0.25) is 0 Å². The molecule has 33 heavy (non-hydrogen) atoms. The van der Waals surface area contributed by atoms with E-state index in [4.69, 9.17) is 10.3 Å². The van der Waals surface area contributed by atoms with E-state index in [9.17, 15) is 14.4 Å². The van der Waals surface area contributed by atoms with Gasteiger partial charge in [0, 0.05) is 31.3 Å². The number of carbonyl (C=O) groups excluding carboxylic acids is 3. The summed E-state index contributed by atoms with van der Waals surface area (Å²) in [5.41, 5.74) is 6.62. The Morgan fingerprint density at radius 3 is 2.61 bits per heavy atom.